The molecule has 4 N–H and O–H groups in total. The Morgan fingerprint density at radius 3 is 1.93 bits per heavy atom. The van der Waals surface area contributed by atoms with Crippen LogP contribution in [0.5, 0.6) is 0 Å². The largest absolute Gasteiger partial charge is 0.453 e. The lowest BCUT2D eigenvalue weighted by Crippen LogP contribution is -2.51. The fraction of sp³-hybridized carbons (Fsp3) is 0.429. The third kappa shape index (κ3) is 9.82. The predicted octanol–water partition coefficient (Wildman–Crippen LogP) is 6.20. The molecule has 4 amide bonds. The van der Waals surface area contributed by atoms with E-state index in [1.54, 1.807) is 26.2 Å². The summed E-state index contributed by atoms with van der Waals surface area (Å²) in [5.74, 6) is 3.17. The number of ether oxygens (including phenoxy) is 2. The molecule has 4 aromatic rings. The maximum Gasteiger partial charge on any atom is 0.407 e. The molecule has 0 spiro atoms. The number of aromatic amines is 2. The molecular formula is C42H48F2N8O6. The fourth-order valence-corrected chi connectivity index (χ4v) is 7.25. The van der Waals surface area contributed by atoms with Crippen molar-refractivity contribution in [3.8, 4) is 34.4 Å². The number of likely N-dealkylation sites (tertiary alicyclic amines) is 2. The van der Waals surface area contributed by atoms with E-state index in [0.29, 0.717) is 25.2 Å². The molecule has 0 radical (unpaired) electrons. The molecule has 2 saturated heterocycles. The van der Waals surface area contributed by atoms with E-state index in [4.69, 9.17) is 0 Å². The number of methoxy groups -OCH3 is 2. The van der Waals surface area contributed by atoms with Gasteiger partial charge in [-0.2, -0.15) is 0 Å². The van der Waals surface area contributed by atoms with Gasteiger partial charge in [0.1, 0.15) is 17.7 Å². The van der Waals surface area contributed by atoms with Gasteiger partial charge in [-0.05, 0) is 60.1 Å². The van der Waals surface area contributed by atoms with Gasteiger partial charge in [-0.1, -0.05) is 56.9 Å². The average molecular weight is 799 g/mol. The quantitative estimate of drug-likeness (QED) is 0.130. The number of hydrogen-bond acceptors (Lipinski definition) is 8. The summed E-state index contributed by atoms with van der Waals surface area (Å²) in [5.41, 5.74) is 4.68. The van der Waals surface area contributed by atoms with E-state index < -0.39 is 49.1 Å². The van der Waals surface area contributed by atoms with Gasteiger partial charge in [-0.15, -0.1) is 0 Å². The number of amides is 4. The second-order valence-corrected chi connectivity index (χ2v) is 15.1. The number of H-pyrrole nitrogens is 2. The Kier molecular flexibility index (Phi) is 12.8. The Hall–Kier alpha value is -6.24. The Bertz CT molecular complexity index is 2160. The van der Waals surface area contributed by atoms with Gasteiger partial charge in [0, 0.05) is 37.1 Å². The maximum atomic E-state index is 14.7. The molecule has 2 aromatic carbocycles. The first-order valence-corrected chi connectivity index (χ1v) is 19.2. The lowest BCUT2D eigenvalue weighted by Gasteiger charge is -2.29. The second-order valence-electron chi connectivity index (χ2n) is 15.1. The number of imidazole rings is 2. The van der Waals surface area contributed by atoms with Gasteiger partial charge in [-0.25, -0.2) is 28.3 Å². The van der Waals surface area contributed by atoms with E-state index in [1.165, 1.54) is 14.2 Å². The molecule has 2 aliphatic heterocycles. The normalized spacial score (nSPS) is 18.3. The van der Waals surface area contributed by atoms with E-state index in [2.05, 4.69) is 51.9 Å². The van der Waals surface area contributed by atoms with Crippen LogP contribution in [0.1, 0.15) is 81.3 Å². The first kappa shape index (κ1) is 41.4. The van der Waals surface area contributed by atoms with Crippen LogP contribution < -0.4 is 10.6 Å². The summed E-state index contributed by atoms with van der Waals surface area (Å²) < 4.78 is 38.7. The van der Waals surface area contributed by atoms with Crippen LogP contribution in [-0.4, -0.2) is 99.6 Å². The molecule has 58 heavy (non-hydrogen) atoms. The van der Waals surface area contributed by atoms with Gasteiger partial charge in [0.05, 0.1) is 56.6 Å². The number of aromatic nitrogens is 4. The minimum atomic E-state index is -3.13. The third-order valence-electron chi connectivity index (χ3n) is 10.4. The summed E-state index contributed by atoms with van der Waals surface area (Å²) in [4.78, 5) is 68.4. The number of carbonyl (C=O) groups excluding carboxylic acids is 4. The smallest absolute Gasteiger partial charge is 0.407 e. The molecule has 4 heterocycles. The number of benzene rings is 2. The van der Waals surface area contributed by atoms with E-state index >= 15 is 0 Å². The van der Waals surface area contributed by atoms with Crippen LogP contribution in [0.4, 0.5) is 18.4 Å². The Balaban J connectivity index is 1.07. The first-order valence-electron chi connectivity index (χ1n) is 19.2. The zero-order valence-electron chi connectivity index (χ0n) is 33.1. The molecular weight excluding hydrogens is 751 g/mol. The van der Waals surface area contributed by atoms with Crippen molar-refractivity contribution < 1.29 is 37.4 Å². The van der Waals surface area contributed by atoms with Crippen molar-refractivity contribution in [2.45, 2.75) is 70.5 Å². The molecule has 2 aromatic heterocycles. The number of nitrogens with one attached hydrogen (secondary N) is 4. The molecule has 4 atom stereocenters. The third-order valence-corrected chi connectivity index (χ3v) is 10.4. The summed E-state index contributed by atoms with van der Waals surface area (Å²) in [6.45, 7) is 5.56. The summed E-state index contributed by atoms with van der Waals surface area (Å²) in [6.07, 6.45) is 3.38. The molecule has 0 bridgehead atoms. The molecule has 16 heteroatoms. The van der Waals surface area contributed by atoms with Crippen LogP contribution in [0.3, 0.4) is 0 Å². The van der Waals surface area contributed by atoms with Crippen LogP contribution in [0.2, 0.25) is 0 Å². The fourth-order valence-electron chi connectivity index (χ4n) is 7.25. The topological polar surface area (TPSA) is 175 Å². The van der Waals surface area contributed by atoms with Gasteiger partial charge in [0.25, 0.3) is 5.92 Å². The first-order chi connectivity index (χ1) is 27.7. The van der Waals surface area contributed by atoms with Crippen LogP contribution in [-0.2, 0) is 19.1 Å². The molecule has 0 aliphatic carbocycles. The van der Waals surface area contributed by atoms with Crippen LogP contribution in [0.15, 0.2) is 60.9 Å². The lowest BCUT2D eigenvalue weighted by atomic mass is 10.0. The number of alkyl halides is 2. The van der Waals surface area contributed by atoms with E-state index in [-0.39, 0.29) is 29.6 Å². The molecule has 2 aliphatic rings. The zero-order valence-corrected chi connectivity index (χ0v) is 33.1. The molecule has 4 unspecified atom stereocenters. The Labute approximate surface area is 335 Å². The summed E-state index contributed by atoms with van der Waals surface area (Å²) in [5, 5.41) is 5.11. The molecule has 2 fully saturated rings. The van der Waals surface area contributed by atoms with Crippen molar-refractivity contribution in [3.05, 3.63) is 83.7 Å². The number of halogens is 2. The van der Waals surface area contributed by atoms with E-state index in [0.717, 1.165) is 51.5 Å². The van der Waals surface area contributed by atoms with E-state index in [9.17, 15) is 28.0 Å². The minimum absolute atomic E-state index is 0.0242. The van der Waals surface area contributed by atoms with Crippen molar-refractivity contribution in [3.63, 3.8) is 0 Å². The predicted molar refractivity (Wildman–Crippen MR) is 210 cm³/mol. The highest BCUT2D eigenvalue weighted by Crippen LogP contribution is 2.41. The van der Waals surface area contributed by atoms with Crippen LogP contribution >= 0.6 is 0 Å². The highest BCUT2D eigenvalue weighted by molar-refractivity contribution is 5.86. The van der Waals surface area contributed by atoms with Crippen molar-refractivity contribution in [1.82, 2.24) is 40.4 Å². The van der Waals surface area contributed by atoms with Gasteiger partial charge in [0.2, 0.25) is 11.8 Å². The van der Waals surface area contributed by atoms with Crippen molar-refractivity contribution in [2.24, 2.45) is 11.8 Å². The number of alkyl carbamates (subject to hydrolysis) is 2. The standard InChI is InChI=1S/C42H48F2N8O6/c1-25(2)36(50-41(56)58-5)39(54)52-24-42(43,44)20-34(52)38-46-23-32(49-38)30-16-12-28(13-17-30)9-8-27-10-14-29(15-11-27)31-22-45-37(48-31)33-7-6-18-51(33)35(53)19-26(3)21-47-40(55)57-4/h10-17,22-23,25-26,33-34,36H,6-7,18-21,24H2,1-5H3,(H,45,48)(H,46,49)(H,47,55)(H,50,56). The van der Waals surface area contributed by atoms with Gasteiger partial charge in [-0.3, -0.25) is 9.59 Å². The number of nitrogens with zero attached hydrogens (tertiary/aromatic N) is 4. The lowest BCUT2D eigenvalue weighted by molar-refractivity contribution is -0.136. The highest BCUT2D eigenvalue weighted by Gasteiger charge is 2.50. The summed E-state index contributed by atoms with van der Waals surface area (Å²) >= 11 is 0. The molecule has 306 valence electrons. The van der Waals surface area contributed by atoms with Crippen LogP contribution in [0.25, 0.3) is 22.5 Å². The minimum Gasteiger partial charge on any atom is -0.453 e. The average Bonchev–Trinajstić information content (AvgIpc) is 4.04. The summed E-state index contributed by atoms with van der Waals surface area (Å²) in [6, 6.07) is 13.0. The highest BCUT2D eigenvalue weighted by atomic mass is 19.3. The number of carbonyl (C=O) groups is 4. The van der Waals surface area contributed by atoms with Crippen molar-refractivity contribution in [2.75, 3.05) is 33.9 Å². The van der Waals surface area contributed by atoms with Crippen LogP contribution in [0, 0.1) is 23.7 Å². The SMILES string of the molecule is COC(=O)NCC(C)CC(=O)N1CCCC1c1ncc(-c2ccc(C#Cc3ccc(-c4cnc(C5CC(F)(F)CN5C(=O)C(NC(=O)OC)C(C)C)[nH]4)cc3)cc2)[nH]1. The number of rotatable bonds is 11. The van der Waals surface area contributed by atoms with Gasteiger partial charge >= 0.3 is 12.2 Å². The maximum absolute atomic E-state index is 14.7. The number of hydrogen-bond donors (Lipinski definition) is 4. The molecule has 0 saturated carbocycles. The molecule has 14 nitrogen and oxygen atoms in total. The van der Waals surface area contributed by atoms with Crippen molar-refractivity contribution >= 4 is 24.0 Å². The van der Waals surface area contributed by atoms with Gasteiger partial charge in [0.15, 0.2) is 0 Å². The monoisotopic (exact) mass is 798 g/mol. The second kappa shape index (κ2) is 17.9. The Morgan fingerprint density at radius 1 is 0.845 bits per heavy atom. The summed E-state index contributed by atoms with van der Waals surface area (Å²) in [7, 11) is 2.47. The van der Waals surface area contributed by atoms with E-state index in [1.807, 2.05) is 60.4 Å². The van der Waals surface area contributed by atoms with Crippen molar-refractivity contribution in [1.29, 1.82) is 0 Å². The molecule has 6 rings (SSSR count). The Morgan fingerprint density at radius 2 is 1.40 bits per heavy atom. The van der Waals surface area contributed by atoms with Gasteiger partial charge < -0.3 is 39.9 Å². The zero-order chi connectivity index (χ0) is 41.6.